The van der Waals surface area contributed by atoms with Gasteiger partial charge in [-0.2, -0.15) is 0 Å². The zero-order valence-corrected chi connectivity index (χ0v) is 15.5. The molecule has 134 valence electrons. The van der Waals surface area contributed by atoms with E-state index in [1.807, 2.05) is 20.8 Å². The number of carbonyl (C=O) groups excluding carboxylic acids is 1. The second-order valence-electron chi connectivity index (χ2n) is 8.53. The molecule has 2 aliphatic carbocycles. The SMILES string of the molecule is C[C@H](NC1CCCCC1CNC(=O)OC(C)(C)C)C1CCCC1. The zero-order valence-electron chi connectivity index (χ0n) is 15.5. The molecule has 23 heavy (non-hydrogen) atoms. The van der Waals surface area contributed by atoms with Crippen LogP contribution in [0.3, 0.4) is 0 Å². The Bertz CT molecular complexity index is 372. The molecular formula is C19H36N2O2. The van der Waals surface area contributed by atoms with Crippen LogP contribution >= 0.6 is 0 Å². The first-order chi connectivity index (χ1) is 10.8. The molecule has 3 atom stereocenters. The van der Waals surface area contributed by atoms with Crippen LogP contribution in [0.2, 0.25) is 0 Å². The third-order valence-electron chi connectivity index (χ3n) is 5.40. The van der Waals surface area contributed by atoms with Crippen molar-refractivity contribution in [1.82, 2.24) is 10.6 Å². The van der Waals surface area contributed by atoms with Crippen LogP contribution in [-0.2, 0) is 4.74 Å². The van der Waals surface area contributed by atoms with Gasteiger partial charge >= 0.3 is 6.09 Å². The van der Waals surface area contributed by atoms with E-state index in [9.17, 15) is 4.79 Å². The molecule has 1 amide bonds. The first kappa shape index (κ1) is 18.6. The summed E-state index contributed by atoms with van der Waals surface area (Å²) in [4.78, 5) is 11.9. The van der Waals surface area contributed by atoms with Crippen molar-refractivity contribution in [3.63, 3.8) is 0 Å². The van der Waals surface area contributed by atoms with E-state index in [1.165, 1.54) is 51.4 Å². The van der Waals surface area contributed by atoms with Crippen molar-refractivity contribution in [2.75, 3.05) is 6.54 Å². The standard InChI is InChI=1S/C19H36N2O2/c1-14(15-9-5-6-10-15)21-17-12-8-7-11-16(17)13-20-18(22)23-19(2,3)4/h14-17,21H,5-13H2,1-4H3,(H,20,22)/t14-,16?,17?/m0/s1. The summed E-state index contributed by atoms with van der Waals surface area (Å²) in [5.41, 5.74) is -0.425. The van der Waals surface area contributed by atoms with Gasteiger partial charge in [-0.15, -0.1) is 0 Å². The number of nitrogens with one attached hydrogen (secondary N) is 2. The topological polar surface area (TPSA) is 50.4 Å². The predicted octanol–water partition coefficient (Wildman–Crippen LogP) is 4.24. The van der Waals surface area contributed by atoms with Gasteiger partial charge in [-0.1, -0.05) is 25.7 Å². The number of amides is 1. The molecule has 0 aliphatic heterocycles. The van der Waals surface area contributed by atoms with Gasteiger partial charge in [-0.05, 0) is 65.2 Å². The molecule has 0 saturated heterocycles. The Morgan fingerprint density at radius 3 is 2.35 bits per heavy atom. The second kappa shape index (κ2) is 8.36. The number of ether oxygens (including phenoxy) is 1. The highest BCUT2D eigenvalue weighted by Gasteiger charge is 2.30. The molecule has 0 heterocycles. The Kier molecular flexibility index (Phi) is 6.75. The van der Waals surface area contributed by atoms with Crippen LogP contribution in [0.5, 0.6) is 0 Å². The first-order valence-electron chi connectivity index (χ1n) is 9.58. The van der Waals surface area contributed by atoms with E-state index in [0.717, 1.165) is 12.5 Å². The smallest absolute Gasteiger partial charge is 0.407 e. The molecule has 2 fully saturated rings. The highest BCUT2D eigenvalue weighted by atomic mass is 16.6. The van der Waals surface area contributed by atoms with E-state index in [0.29, 0.717) is 18.0 Å². The van der Waals surface area contributed by atoms with E-state index in [1.54, 1.807) is 0 Å². The average Bonchev–Trinajstić information content (AvgIpc) is 2.99. The molecule has 0 aromatic heterocycles. The van der Waals surface area contributed by atoms with E-state index >= 15 is 0 Å². The minimum absolute atomic E-state index is 0.286. The lowest BCUT2D eigenvalue weighted by molar-refractivity contribution is 0.0509. The molecule has 0 radical (unpaired) electrons. The summed E-state index contributed by atoms with van der Waals surface area (Å²) in [5, 5.41) is 6.87. The van der Waals surface area contributed by atoms with Gasteiger partial charge in [0.05, 0.1) is 0 Å². The number of carbonyl (C=O) groups is 1. The van der Waals surface area contributed by atoms with Crippen LogP contribution in [0.4, 0.5) is 4.79 Å². The lowest BCUT2D eigenvalue weighted by Crippen LogP contribution is -2.49. The molecule has 2 saturated carbocycles. The molecule has 4 nitrogen and oxygen atoms in total. The van der Waals surface area contributed by atoms with Gasteiger partial charge in [-0.25, -0.2) is 4.79 Å². The molecule has 2 N–H and O–H groups in total. The van der Waals surface area contributed by atoms with Crippen molar-refractivity contribution in [2.45, 2.75) is 96.7 Å². The fourth-order valence-electron chi connectivity index (χ4n) is 4.13. The molecule has 2 rings (SSSR count). The molecular weight excluding hydrogens is 288 g/mol. The van der Waals surface area contributed by atoms with Crippen LogP contribution in [0, 0.1) is 11.8 Å². The van der Waals surface area contributed by atoms with Crippen molar-refractivity contribution in [3.8, 4) is 0 Å². The monoisotopic (exact) mass is 324 g/mol. The Hall–Kier alpha value is -0.770. The predicted molar refractivity (Wildman–Crippen MR) is 94.5 cm³/mol. The van der Waals surface area contributed by atoms with Crippen molar-refractivity contribution < 1.29 is 9.53 Å². The summed E-state index contributed by atoms with van der Waals surface area (Å²) in [6, 6.07) is 1.14. The third kappa shape index (κ3) is 6.33. The Morgan fingerprint density at radius 1 is 1.09 bits per heavy atom. The summed E-state index contributed by atoms with van der Waals surface area (Å²) in [5.74, 6) is 1.37. The molecule has 2 unspecified atom stereocenters. The summed E-state index contributed by atoms with van der Waals surface area (Å²) in [7, 11) is 0. The summed E-state index contributed by atoms with van der Waals surface area (Å²) in [6.07, 6.45) is 10.3. The van der Waals surface area contributed by atoms with E-state index < -0.39 is 5.60 Å². The van der Waals surface area contributed by atoms with Crippen LogP contribution in [0.1, 0.15) is 79.1 Å². The van der Waals surface area contributed by atoms with Crippen molar-refractivity contribution >= 4 is 6.09 Å². The minimum atomic E-state index is -0.425. The Morgan fingerprint density at radius 2 is 1.70 bits per heavy atom. The van der Waals surface area contributed by atoms with E-state index in [-0.39, 0.29) is 6.09 Å². The molecule has 0 bridgehead atoms. The molecule has 0 aromatic carbocycles. The molecule has 0 aromatic rings. The maximum Gasteiger partial charge on any atom is 0.407 e. The largest absolute Gasteiger partial charge is 0.444 e. The van der Waals surface area contributed by atoms with Gasteiger partial charge in [0.15, 0.2) is 0 Å². The molecule has 4 heteroatoms. The van der Waals surface area contributed by atoms with Crippen molar-refractivity contribution in [3.05, 3.63) is 0 Å². The van der Waals surface area contributed by atoms with Crippen LogP contribution in [-0.4, -0.2) is 30.3 Å². The number of alkyl carbamates (subject to hydrolysis) is 1. The maximum absolute atomic E-state index is 11.9. The van der Waals surface area contributed by atoms with Crippen LogP contribution in [0.25, 0.3) is 0 Å². The summed E-state index contributed by atoms with van der Waals surface area (Å²) >= 11 is 0. The fraction of sp³-hybridized carbons (Fsp3) is 0.947. The van der Waals surface area contributed by atoms with Gasteiger partial charge in [0.25, 0.3) is 0 Å². The Balaban J connectivity index is 1.79. The molecule has 2 aliphatic rings. The van der Waals surface area contributed by atoms with Gasteiger partial charge in [0.1, 0.15) is 5.60 Å². The first-order valence-corrected chi connectivity index (χ1v) is 9.58. The van der Waals surface area contributed by atoms with Crippen LogP contribution < -0.4 is 10.6 Å². The average molecular weight is 325 g/mol. The number of hydrogen-bond acceptors (Lipinski definition) is 3. The third-order valence-corrected chi connectivity index (χ3v) is 5.40. The quantitative estimate of drug-likeness (QED) is 0.795. The maximum atomic E-state index is 11.9. The zero-order chi connectivity index (χ0) is 16.9. The summed E-state index contributed by atoms with van der Waals surface area (Å²) < 4.78 is 5.36. The Labute approximate surface area is 142 Å². The summed E-state index contributed by atoms with van der Waals surface area (Å²) in [6.45, 7) is 8.79. The second-order valence-corrected chi connectivity index (χ2v) is 8.53. The lowest BCUT2D eigenvalue weighted by Gasteiger charge is -2.36. The minimum Gasteiger partial charge on any atom is -0.444 e. The van der Waals surface area contributed by atoms with Gasteiger partial charge in [-0.3, -0.25) is 0 Å². The van der Waals surface area contributed by atoms with Gasteiger partial charge < -0.3 is 15.4 Å². The lowest BCUT2D eigenvalue weighted by atomic mass is 9.83. The highest BCUT2D eigenvalue weighted by Crippen LogP contribution is 2.30. The number of hydrogen-bond donors (Lipinski definition) is 2. The van der Waals surface area contributed by atoms with E-state index in [4.69, 9.17) is 4.74 Å². The van der Waals surface area contributed by atoms with Crippen molar-refractivity contribution in [2.24, 2.45) is 11.8 Å². The normalized spacial score (nSPS) is 27.7. The highest BCUT2D eigenvalue weighted by molar-refractivity contribution is 5.67. The van der Waals surface area contributed by atoms with Gasteiger partial charge in [0.2, 0.25) is 0 Å². The number of rotatable bonds is 5. The van der Waals surface area contributed by atoms with Crippen LogP contribution in [0.15, 0.2) is 0 Å². The fourth-order valence-corrected chi connectivity index (χ4v) is 4.13. The van der Waals surface area contributed by atoms with Crippen molar-refractivity contribution in [1.29, 1.82) is 0 Å². The molecule has 0 spiro atoms. The van der Waals surface area contributed by atoms with Gasteiger partial charge in [0, 0.05) is 18.6 Å². The van der Waals surface area contributed by atoms with E-state index in [2.05, 4.69) is 17.6 Å².